The van der Waals surface area contributed by atoms with Crippen molar-refractivity contribution in [1.29, 1.82) is 0 Å². The van der Waals surface area contributed by atoms with E-state index in [2.05, 4.69) is 25.9 Å². The summed E-state index contributed by atoms with van der Waals surface area (Å²) < 4.78 is 7.24. The first-order valence-corrected chi connectivity index (χ1v) is 10.1. The van der Waals surface area contributed by atoms with E-state index in [1.165, 1.54) is 0 Å². The molecular formula is C20H31ClN4O2. The number of ether oxygens (including phenoxy) is 1. The van der Waals surface area contributed by atoms with Crippen molar-refractivity contribution in [2.45, 2.75) is 58.9 Å². The van der Waals surface area contributed by atoms with Crippen LogP contribution in [0.4, 0.5) is 5.95 Å². The molecule has 150 valence electrons. The van der Waals surface area contributed by atoms with Gasteiger partial charge in [-0.05, 0) is 37.5 Å². The van der Waals surface area contributed by atoms with E-state index in [0.29, 0.717) is 29.2 Å². The van der Waals surface area contributed by atoms with Gasteiger partial charge in [-0.25, -0.2) is 9.75 Å². The van der Waals surface area contributed by atoms with Gasteiger partial charge in [0.2, 0.25) is 0 Å². The molecule has 0 saturated carbocycles. The highest BCUT2D eigenvalue weighted by Crippen LogP contribution is 2.32. The predicted octanol–water partition coefficient (Wildman–Crippen LogP) is 5.26. The average molecular weight is 395 g/mol. The summed E-state index contributed by atoms with van der Waals surface area (Å²) in [7, 11) is 3.51. The van der Waals surface area contributed by atoms with Gasteiger partial charge in [0.15, 0.2) is 5.82 Å². The average Bonchev–Trinajstić information content (AvgIpc) is 3.05. The second-order valence-electron chi connectivity index (χ2n) is 6.57. The monoisotopic (exact) mass is 394 g/mol. The summed E-state index contributed by atoms with van der Waals surface area (Å²) in [4.78, 5) is 10.8. The van der Waals surface area contributed by atoms with E-state index in [1.54, 1.807) is 17.9 Å². The van der Waals surface area contributed by atoms with Crippen molar-refractivity contribution in [3.05, 3.63) is 23.2 Å². The number of benzene rings is 1. The maximum Gasteiger partial charge on any atom is 0.269 e. The van der Waals surface area contributed by atoms with Crippen molar-refractivity contribution < 1.29 is 9.57 Å². The van der Waals surface area contributed by atoms with Crippen LogP contribution in [0.25, 0.3) is 11.4 Å². The van der Waals surface area contributed by atoms with Crippen molar-refractivity contribution in [2.75, 3.05) is 18.8 Å². The van der Waals surface area contributed by atoms with Crippen LogP contribution in [0, 0.1) is 0 Å². The second kappa shape index (κ2) is 10.5. The van der Waals surface area contributed by atoms with Gasteiger partial charge >= 0.3 is 0 Å². The molecule has 0 radical (unpaired) electrons. The summed E-state index contributed by atoms with van der Waals surface area (Å²) in [5.41, 5.74) is 0.847. The summed E-state index contributed by atoms with van der Waals surface area (Å²) in [6.45, 7) is 7.12. The van der Waals surface area contributed by atoms with E-state index in [0.717, 1.165) is 37.7 Å². The third-order valence-electron chi connectivity index (χ3n) is 4.48. The lowest BCUT2D eigenvalue weighted by Crippen LogP contribution is -2.36. The molecule has 0 bridgehead atoms. The Kier molecular flexibility index (Phi) is 8.38. The van der Waals surface area contributed by atoms with Crippen molar-refractivity contribution in [2.24, 2.45) is 7.05 Å². The minimum Gasteiger partial charge on any atom is -0.496 e. The Balaban J connectivity index is 2.40. The van der Waals surface area contributed by atoms with Crippen LogP contribution in [0.3, 0.4) is 0 Å². The van der Waals surface area contributed by atoms with Crippen LogP contribution in [0.5, 0.6) is 5.75 Å². The molecule has 2 aromatic rings. The van der Waals surface area contributed by atoms with Crippen molar-refractivity contribution in [3.8, 4) is 17.1 Å². The van der Waals surface area contributed by atoms with Crippen molar-refractivity contribution in [3.63, 3.8) is 0 Å². The van der Waals surface area contributed by atoms with Gasteiger partial charge in [-0.15, -0.1) is 5.10 Å². The first kappa shape index (κ1) is 21.5. The standard InChI is InChI=1S/C20H31ClN4O2/c1-6-9-10-16(8-3)25(27-13-7-2)20-22-19(24(4)23-20)17-12-11-15(21)14-18(17)26-5/h11-12,14,16H,6-10,13H2,1-5H3. The molecular weight excluding hydrogens is 364 g/mol. The zero-order chi connectivity index (χ0) is 19.8. The highest BCUT2D eigenvalue weighted by atomic mass is 35.5. The van der Waals surface area contributed by atoms with Crippen molar-refractivity contribution in [1.82, 2.24) is 14.8 Å². The quantitative estimate of drug-likeness (QED) is 0.486. The van der Waals surface area contributed by atoms with E-state index in [9.17, 15) is 0 Å². The minimum atomic E-state index is 0.249. The zero-order valence-corrected chi connectivity index (χ0v) is 17.8. The molecule has 7 heteroatoms. The van der Waals surface area contributed by atoms with E-state index in [-0.39, 0.29) is 6.04 Å². The molecule has 1 atom stereocenters. The molecule has 1 aromatic carbocycles. The Morgan fingerprint density at radius 1 is 1.22 bits per heavy atom. The smallest absolute Gasteiger partial charge is 0.269 e. The molecule has 2 rings (SSSR count). The fourth-order valence-corrected chi connectivity index (χ4v) is 3.15. The van der Waals surface area contributed by atoms with Crippen LogP contribution in [-0.4, -0.2) is 34.5 Å². The SMILES string of the molecule is CCCCC(CC)N(OCCC)c1nc(-c2ccc(Cl)cc2OC)n(C)n1. The van der Waals surface area contributed by atoms with Gasteiger partial charge < -0.3 is 4.74 Å². The van der Waals surface area contributed by atoms with E-state index in [4.69, 9.17) is 26.2 Å². The fraction of sp³-hybridized carbons (Fsp3) is 0.600. The van der Waals surface area contributed by atoms with Gasteiger partial charge in [0, 0.05) is 12.1 Å². The predicted molar refractivity (Wildman–Crippen MR) is 110 cm³/mol. The van der Waals surface area contributed by atoms with Gasteiger partial charge in [-0.2, -0.15) is 4.98 Å². The molecule has 0 fully saturated rings. The summed E-state index contributed by atoms with van der Waals surface area (Å²) in [6, 6.07) is 5.77. The molecule has 0 aliphatic heterocycles. The van der Waals surface area contributed by atoms with E-state index in [1.807, 2.05) is 24.2 Å². The number of aryl methyl sites for hydroxylation is 1. The van der Waals surface area contributed by atoms with Crippen LogP contribution in [0.2, 0.25) is 5.02 Å². The lowest BCUT2D eigenvalue weighted by Gasteiger charge is -2.28. The number of hydrogen-bond donors (Lipinski definition) is 0. The summed E-state index contributed by atoms with van der Waals surface area (Å²) in [5, 5.41) is 7.15. The summed E-state index contributed by atoms with van der Waals surface area (Å²) in [5.74, 6) is 1.97. The molecule has 1 unspecified atom stereocenters. The van der Waals surface area contributed by atoms with Crippen molar-refractivity contribution >= 4 is 17.5 Å². The number of aromatic nitrogens is 3. The first-order valence-electron chi connectivity index (χ1n) is 9.72. The highest BCUT2D eigenvalue weighted by molar-refractivity contribution is 6.30. The number of hydroxylamine groups is 1. The first-order chi connectivity index (χ1) is 13.0. The lowest BCUT2D eigenvalue weighted by atomic mass is 10.1. The van der Waals surface area contributed by atoms with Crippen LogP contribution in [0.1, 0.15) is 52.9 Å². The molecule has 0 amide bonds. The van der Waals surface area contributed by atoms with Gasteiger partial charge in [0.25, 0.3) is 5.95 Å². The number of halogens is 1. The Morgan fingerprint density at radius 2 is 2.00 bits per heavy atom. The molecule has 0 aliphatic rings. The molecule has 6 nitrogen and oxygen atoms in total. The maximum absolute atomic E-state index is 6.09. The number of rotatable bonds is 11. The Hall–Kier alpha value is -1.79. The highest BCUT2D eigenvalue weighted by Gasteiger charge is 2.24. The fourth-order valence-electron chi connectivity index (χ4n) is 2.99. The van der Waals surface area contributed by atoms with Crippen LogP contribution >= 0.6 is 11.6 Å². The third-order valence-corrected chi connectivity index (χ3v) is 4.72. The molecule has 0 N–H and O–H groups in total. The number of unbranched alkanes of at least 4 members (excludes halogenated alkanes) is 1. The molecule has 0 saturated heterocycles. The summed E-state index contributed by atoms with van der Waals surface area (Å²) >= 11 is 6.09. The van der Waals surface area contributed by atoms with Gasteiger partial charge in [0.1, 0.15) is 5.75 Å². The molecule has 27 heavy (non-hydrogen) atoms. The Labute approximate surface area is 167 Å². The lowest BCUT2D eigenvalue weighted by molar-refractivity contribution is 0.0785. The normalized spacial score (nSPS) is 12.2. The number of anilines is 1. The Morgan fingerprint density at radius 3 is 2.63 bits per heavy atom. The minimum absolute atomic E-state index is 0.249. The van der Waals surface area contributed by atoms with Crippen LogP contribution in [-0.2, 0) is 11.9 Å². The molecule has 1 heterocycles. The largest absolute Gasteiger partial charge is 0.496 e. The van der Waals surface area contributed by atoms with Gasteiger partial charge in [-0.3, -0.25) is 4.84 Å². The second-order valence-corrected chi connectivity index (χ2v) is 7.00. The van der Waals surface area contributed by atoms with Crippen LogP contribution in [0.15, 0.2) is 18.2 Å². The topological polar surface area (TPSA) is 52.4 Å². The molecule has 0 aliphatic carbocycles. The van der Waals surface area contributed by atoms with Crippen LogP contribution < -0.4 is 9.80 Å². The number of methoxy groups -OCH3 is 1. The third kappa shape index (κ3) is 5.36. The molecule has 1 aromatic heterocycles. The zero-order valence-electron chi connectivity index (χ0n) is 17.0. The van der Waals surface area contributed by atoms with Gasteiger partial charge in [0.05, 0.1) is 25.3 Å². The van der Waals surface area contributed by atoms with E-state index < -0.39 is 0 Å². The number of hydrogen-bond acceptors (Lipinski definition) is 5. The summed E-state index contributed by atoms with van der Waals surface area (Å²) in [6.07, 6.45) is 5.26. The van der Waals surface area contributed by atoms with Gasteiger partial charge in [-0.1, -0.05) is 45.2 Å². The molecule has 0 spiro atoms. The Bertz CT molecular complexity index is 720. The number of nitrogens with zero attached hydrogens (tertiary/aromatic N) is 4. The maximum atomic E-state index is 6.09. The van der Waals surface area contributed by atoms with E-state index >= 15 is 0 Å².